The van der Waals surface area contributed by atoms with E-state index in [1.165, 1.54) is 5.56 Å². The largest absolute Gasteiger partial charge is 0.497 e. The van der Waals surface area contributed by atoms with Crippen molar-refractivity contribution in [3.05, 3.63) is 83.8 Å². The summed E-state index contributed by atoms with van der Waals surface area (Å²) in [5, 5.41) is 5.41. The van der Waals surface area contributed by atoms with Gasteiger partial charge in [0.15, 0.2) is 0 Å². The van der Waals surface area contributed by atoms with Crippen molar-refractivity contribution in [3.8, 4) is 5.75 Å². The predicted molar refractivity (Wildman–Crippen MR) is 117 cm³/mol. The van der Waals surface area contributed by atoms with Crippen LogP contribution in [0.2, 0.25) is 0 Å². The maximum Gasteiger partial charge on any atom is 0.309 e. The van der Waals surface area contributed by atoms with Gasteiger partial charge >= 0.3 is 11.8 Å². The first-order valence-electron chi connectivity index (χ1n) is 10.2. The number of nitrogens with zero attached hydrogens (tertiary/aromatic N) is 1. The van der Waals surface area contributed by atoms with Gasteiger partial charge in [0.05, 0.1) is 13.4 Å². The van der Waals surface area contributed by atoms with Crippen molar-refractivity contribution in [2.75, 3.05) is 25.1 Å². The number of hydrogen-bond donors (Lipinski definition) is 2. The third kappa shape index (κ3) is 4.71. The molecule has 0 bridgehead atoms. The molecule has 3 aromatic rings. The average molecular weight is 419 g/mol. The summed E-state index contributed by atoms with van der Waals surface area (Å²) in [5.74, 6) is 0.0898. The Hall–Kier alpha value is -3.74. The Balaban J connectivity index is 1.38. The Morgan fingerprint density at radius 2 is 1.90 bits per heavy atom. The molecule has 160 valence electrons. The second-order valence-corrected chi connectivity index (χ2v) is 7.35. The number of nitrogens with one attached hydrogen (secondary N) is 2. The van der Waals surface area contributed by atoms with Crippen LogP contribution in [0.1, 0.15) is 22.9 Å². The molecule has 2 N–H and O–H groups in total. The topological polar surface area (TPSA) is 83.8 Å². The van der Waals surface area contributed by atoms with E-state index in [4.69, 9.17) is 9.15 Å². The van der Waals surface area contributed by atoms with Crippen LogP contribution in [0.4, 0.5) is 5.69 Å². The van der Waals surface area contributed by atoms with Gasteiger partial charge in [-0.1, -0.05) is 30.3 Å². The van der Waals surface area contributed by atoms with E-state index < -0.39 is 11.8 Å². The van der Waals surface area contributed by atoms with Crippen LogP contribution < -0.4 is 20.3 Å². The quantitative estimate of drug-likeness (QED) is 0.576. The molecule has 0 fully saturated rings. The number of fused-ring (bicyclic) bond motifs is 1. The molecule has 0 radical (unpaired) electrons. The number of hydrogen-bond acceptors (Lipinski definition) is 5. The van der Waals surface area contributed by atoms with E-state index in [9.17, 15) is 9.59 Å². The number of rotatable bonds is 7. The van der Waals surface area contributed by atoms with Crippen LogP contribution in [0, 0.1) is 0 Å². The van der Waals surface area contributed by atoms with Crippen LogP contribution in [-0.4, -0.2) is 32.0 Å². The monoisotopic (exact) mass is 419 g/mol. The SMILES string of the molecule is COc1cccc(CNC(=O)C(=O)NC[C@@H](c2ccco2)N2CCc3ccccc32)c1. The number of methoxy groups -OCH3 is 1. The zero-order valence-corrected chi connectivity index (χ0v) is 17.3. The van der Waals surface area contributed by atoms with Crippen LogP contribution in [0.3, 0.4) is 0 Å². The summed E-state index contributed by atoms with van der Waals surface area (Å²) < 4.78 is 10.8. The highest BCUT2D eigenvalue weighted by atomic mass is 16.5. The smallest absolute Gasteiger partial charge is 0.309 e. The maximum absolute atomic E-state index is 12.4. The van der Waals surface area contributed by atoms with Crippen molar-refractivity contribution >= 4 is 17.5 Å². The Labute approximate surface area is 181 Å². The van der Waals surface area contributed by atoms with Gasteiger partial charge in [0.25, 0.3) is 0 Å². The molecule has 4 rings (SSSR count). The van der Waals surface area contributed by atoms with Crippen molar-refractivity contribution in [1.82, 2.24) is 10.6 Å². The zero-order valence-electron chi connectivity index (χ0n) is 17.3. The first kappa shape index (κ1) is 20.5. The summed E-state index contributed by atoms with van der Waals surface area (Å²) in [6.07, 6.45) is 2.55. The first-order valence-corrected chi connectivity index (χ1v) is 10.2. The van der Waals surface area contributed by atoms with Gasteiger partial charge < -0.3 is 24.7 Å². The highest BCUT2D eigenvalue weighted by Crippen LogP contribution is 2.34. The van der Waals surface area contributed by atoms with Crippen molar-refractivity contribution < 1.29 is 18.7 Å². The number of benzene rings is 2. The minimum absolute atomic E-state index is 0.200. The molecule has 1 aliphatic heterocycles. The predicted octanol–water partition coefficient (Wildman–Crippen LogP) is 2.82. The first-order chi connectivity index (χ1) is 15.2. The van der Waals surface area contributed by atoms with E-state index in [0.717, 1.165) is 30.0 Å². The number of anilines is 1. The number of carbonyl (C=O) groups is 2. The fourth-order valence-electron chi connectivity index (χ4n) is 3.85. The lowest BCUT2D eigenvalue weighted by Crippen LogP contribution is -2.43. The molecule has 31 heavy (non-hydrogen) atoms. The van der Waals surface area contributed by atoms with E-state index in [-0.39, 0.29) is 19.1 Å². The van der Waals surface area contributed by atoms with Crippen molar-refractivity contribution in [2.24, 2.45) is 0 Å². The molecule has 0 unspecified atom stereocenters. The highest BCUT2D eigenvalue weighted by Gasteiger charge is 2.29. The number of furan rings is 1. The number of carbonyl (C=O) groups excluding carboxylic acids is 2. The molecule has 1 aliphatic rings. The van der Waals surface area contributed by atoms with Crippen LogP contribution in [0.15, 0.2) is 71.3 Å². The highest BCUT2D eigenvalue weighted by molar-refractivity contribution is 6.35. The minimum Gasteiger partial charge on any atom is -0.497 e. The van der Waals surface area contributed by atoms with Crippen LogP contribution in [0.5, 0.6) is 5.75 Å². The third-order valence-electron chi connectivity index (χ3n) is 5.42. The summed E-state index contributed by atoms with van der Waals surface area (Å²) in [7, 11) is 1.58. The van der Waals surface area contributed by atoms with Gasteiger partial charge in [-0.3, -0.25) is 9.59 Å². The van der Waals surface area contributed by atoms with Crippen molar-refractivity contribution in [3.63, 3.8) is 0 Å². The van der Waals surface area contributed by atoms with E-state index in [1.807, 2.05) is 48.5 Å². The van der Waals surface area contributed by atoms with Gasteiger partial charge in [0.1, 0.15) is 17.6 Å². The van der Waals surface area contributed by atoms with Gasteiger partial charge in [-0.25, -0.2) is 0 Å². The molecular formula is C24H25N3O4. The summed E-state index contributed by atoms with van der Waals surface area (Å²) >= 11 is 0. The van der Waals surface area contributed by atoms with Gasteiger partial charge in [-0.2, -0.15) is 0 Å². The zero-order chi connectivity index (χ0) is 21.6. The van der Waals surface area contributed by atoms with Crippen molar-refractivity contribution in [1.29, 1.82) is 0 Å². The lowest BCUT2D eigenvalue weighted by atomic mass is 10.1. The molecule has 2 aromatic carbocycles. The fourth-order valence-corrected chi connectivity index (χ4v) is 3.85. The molecule has 1 aromatic heterocycles. The normalized spacial score (nSPS) is 13.4. The van der Waals surface area contributed by atoms with Crippen LogP contribution in [-0.2, 0) is 22.6 Å². The fraction of sp³-hybridized carbons (Fsp3) is 0.250. The average Bonchev–Trinajstić information content (AvgIpc) is 3.48. The number of ether oxygens (including phenoxy) is 1. The molecule has 2 amide bonds. The summed E-state index contributed by atoms with van der Waals surface area (Å²) in [5.41, 5.74) is 3.24. The summed E-state index contributed by atoms with van der Waals surface area (Å²) in [4.78, 5) is 26.9. The molecule has 0 saturated heterocycles. The lowest BCUT2D eigenvalue weighted by molar-refractivity contribution is -0.139. The molecule has 0 spiro atoms. The third-order valence-corrected chi connectivity index (χ3v) is 5.42. The molecule has 2 heterocycles. The van der Waals surface area contributed by atoms with E-state index in [2.05, 4.69) is 27.7 Å². The van der Waals surface area contributed by atoms with Crippen LogP contribution >= 0.6 is 0 Å². The number of amides is 2. The Bertz CT molecular complexity index is 1050. The van der Waals surface area contributed by atoms with Gasteiger partial charge in [-0.05, 0) is 47.9 Å². The molecular weight excluding hydrogens is 394 g/mol. The van der Waals surface area contributed by atoms with Gasteiger partial charge in [0.2, 0.25) is 0 Å². The molecule has 0 aliphatic carbocycles. The van der Waals surface area contributed by atoms with E-state index >= 15 is 0 Å². The van der Waals surface area contributed by atoms with E-state index in [1.54, 1.807) is 13.4 Å². The summed E-state index contributed by atoms with van der Waals surface area (Å²) in [6, 6.07) is 19.1. The Morgan fingerprint density at radius 3 is 2.71 bits per heavy atom. The van der Waals surface area contributed by atoms with Crippen molar-refractivity contribution in [2.45, 2.75) is 19.0 Å². The summed E-state index contributed by atoms with van der Waals surface area (Å²) in [6.45, 7) is 1.32. The second-order valence-electron chi connectivity index (χ2n) is 7.35. The Kier molecular flexibility index (Phi) is 6.21. The Morgan fingerprint density at radius 1 is 1.06 bits per heavy atom. The van der Waals surface area contributed by atoms with Gasteiger partial charge in [-0.15, -0.1) is 0 Å². The standard InChI is InChI=1S/C24H25N3O4/c1-30-19-8-4-6-17(14-19)15-25-23(28)24(29)26-16-21(22-10-5-13-31-22)27-12-11-18-7-2-3-9-20(18)27/h2-10,13-14,21H,11-12,15-16H2,1H3,(H,25,28)(H,26,29)/t21-/m0/s1. The van der Waals surface area contributed by atoms with E-state index in [0.29, 0.717) is 5.75 Å². The molecule has 7 heteroatoms. The van der Waals surface area contributed by atoms with Gasteiger partial charge in [0, 0.05) is 25.3 Å². The molecule has 7 nitrogen and oxygen atoms in total. The molecule has 0 saturated carbocycles. The maximum atomic E-state index is 12.4. The minimum atomic E-state index is -0.678. The molecule has 1 atom stereocenters. The second kappa shape index (κ2) is 9.38. The lowest BCUT2D eigenvalue weighted by Gasteiger charge is -2.29. The van der Waals surface area contributed by atoms with Crippen LogP contribution in [0.25, 0.3) is 0 Å². The number of para-hydroxylation sites is 1.